The molecule has 1 unspecified atom stereocenters. The van der Waals surface area contributed by atoms with Crippen LogP contribution in [0.15, 0.2) is 12.1 Å². The molecule has 0 spiro atoms. The molecule has 1 heteroatoms. The minimum Gasteiger partial charge on any atom is -0.310 e. The van der Waals surface area contributed by atoms with Gasteiger partial charge in [-0.05, 0) is 68.6 Å². The van der Waals surface area contributed by atoms with E-state index in [1.54, 1.807) is 0 Å². The summed E-state index contributed by atoms with van der Waals surface area (Å²) in [4.78, 5) is 0. The average molecular weight is 259 g/mol. The van der Waals surface area contributed by atoms with E-state index in [9.17, 15) is 0 Å². The first-order valence-electron chi connectivity index (χ1n) is 7.67. The summed E-state index contributed by atoms with van der Waals surface area (Å²) < 4.78 is 0. The van der Waals surface area contributed by atoms with Crippen molar-refractivity contribution in [3.05, 3.63) is 34.4 Å². The summed E-state index contributed by atoms with van der Waals surface area (Å²) in [6.45, 7) is 14.9. The van der Waals surface area contributed by atoms with Gasteiger partial charge >= 0.3 is 0 Å². The molecule has 0 aromatic heterocycles. The fourth-order valence-corrected chi connectivity index (χ4v) is 3.45. The van der Waals surface area contributed by atoms with Gasteiger partial charge in [0.1, 0.15) is 0 Å². The van der Waals surface area contributed by atoms with Crippen molar-refractivity contribution in [2.75, 3.05) is 6.54 Å². The van der Waals surface area contributed by atoms with Crippen LogP contribution >= 0.6 is 0 Å². The molecule has 1 atom stereocenters. The van der Waals surface area contributed by atoms with E-state index < -0.39 is 0 Å². The highest BCUT2D eigenvalue weighted by Crippen LogP contribution is 2.51. The van der Waals surface area contributed by atoms with Crippen molar-refractivity contribution < 1.29 is 0 Å². The van der Waals surface area contributed by atoms with Crippen LogP contribution in [0.3, 0.4) is 0 Å². The molecule has 0 radical (unpaired) electrons. The minimum atomic E-state index is 0.455. The van der Waals surface area contributed by atoms with Crippen LogP contribution in [0.2, 0.25) is 0 Å². The number of aryl methyl sites for hydroxylation is 3. The smallest absolute Gasteiger partial charge is 0.0297 e. The Kier molecular flexibility index (Phi) is 4.06. The monoisotopic (exact) mass is 259 g/mol. The molecule has 1 fully saturated rings. The summed E-state index contributed by atoms with van der Waals surface area (Å²) in [5.41, 5.74) is 6.29. The fourth-order valence-electron chi connectivity index (χ4n) is 3.45. The topological polar surface area (TPSA) is 12.0 Å². The zero-order valence-electron chi connectivity index (χ0n) is 13.4. The van der Waals surface area contributed by atoms with E-state index in [2.05, 4.69) is 59.0 Å². The molecular weight excluding hydrogens is 230 g/mol. The Labute approximate surface area is 118 Å². The summed E-state index contributed by atoms with van der Waals surface area (Å²) in [5.74, 6) is 0.799. The van der Waals surface area contributed by atoms with Gasteiger partial charge in [-0.25, -0.2) is 0 Å². The normalized spacial score (nSPS) is 18.7. The van der Waals surface area contributed by atoms with Crippen molar-refractivity contribution in [1.82, 2.24) is 5.32 Å². The molecule has 2 rings (SSSR count). The Morgan fingerprint density at radius 1 is 1.05 bits per heavy atom. The lowest BCUT2D eigenvalue weighted by Gasteiger charge is -2.25. The predicted molar refractivity (Wildman–Crippen MR) is 83.6 cm³/mol. The van der Waals surface area contributed by atoms with E-state index in [1.807, 2.05) is 0 Å². The molecule has 0 bridgehead atoms. The maximum absolute atomic E-state index is 3.78. The fraction of sp³-hybridized carbons (Fsp3) is 0.667. The summed E-state index contributed by atoms with van der Waals surface area (Å²) in [5, 5.41) is 3.78. The van der Waals surface area contributed by atoms with Crippen LogP contribution in [0.5, 0.6) is 0 Å². The molecule has 1 aliphatic rings. The van der Waals surface area contributed by atoms with Crippen molar-refractivity contribution in [3.8, 4) is 0 Å². The highest BCUT2D eigenvalue weighted by Gasteiger charge is 2.44. The van der Waals surface area contributed by atoms with E-state index in [1.165, 1.54) is 41.6 Å². The minimum absolute atomic E-state index is 0.455. The van der Waals surface area contributed by atoms with E-state index in [0.29, 0.717) is 11.5 Å². The van der Waals surface area contributed by atoms with Crippen molar-refractivity contribution in [3.63, 3.8) is 0 Å². The van der Waals surface area contributed by atoms with Crippen LogP contribution < -0.4 is 5.32 Å². The lowest BCUT2D eigenvalue weighted by molar-refractivity contribution is 0.324. The zero-order chi connectivity index (χ0) is 14.2. The van der Waals surface area contributed by atoms with E-state index in [0.717, 1.165) is 5.92 Å². The molecule has 1 aromatic carbocycles. The van der Waals surface area contributed by atoms with Gasteiger partial charge in [-0.2, -0.15) is 0 Å². The molecule has 0 amide bonds. The predicted octanol–water partition coefficient (Wildman–Crippen LogP) is 4.70. The van der Waals surface area contributed by atoms with Gasteiger partial charge in [0.25, 0.3) is 0 Å². The average Bonchev–Trinajstić information content (AvgIpc) is 3.05. The first-order chi connectivity index (χ1) is 8.85. The third kappa shape index (κ3) is 3.02. The number of hydrogen-bond donors (Lipinski definition) is 1. The molecule has 1 aliphatic carbocycles. The van der Waals surface area contributed by atoms with Gasteiger partial charge in [0, 0.05) is 12.6 Å². The van der Waals surface area contributed by atoms with E-state index in [-0.39, 0.29) is 0 Å². The highest BCUT2D eigenvalue weighted by molar-refractivity contribution is 5.39. The van der Waals surface area contributed by atoms with Crippen molar-refractivity contribution in [1.29, 1.82) is 0 Å². The largest absolute Gasteiger partial charge is 0.310 e. The van der Waals surface area contributed by atoms with E-state index in [4.69, 9.17) is 0 Å². The Bertz CT molecular complexity index is 432. The molecule has 0 aliphatic heterocycles. The Morgan fingerprint density at radius 2 is 1.58 bits per heavy atom. The van der Waals surface area contributed by atoms with Gasteiger partial charge in [-0.15, -0.1) is 0 Å². The second-order valence-corrected chi connectivity index (χ2v) is 6.93. The van der Waals surface area contributed by atoms with Gasteiger partial charge in [0.05, 0.1) is 0 Å². The first-order valence-corrected chi connectivity index (χ1v) is 7.67. The second-order valence-electron chi connectivity index (χ2n) is 6.93. The molecule has 1 nitrogen and oxygen atoms in total. The third-order valence-corrected chi connectivity index (χ3v) is 5.05. The Hall–Kier alpha value is -0.820. The van der Waals surface area contributed by atoms with Crippen LogP contribution in [0.25, 0.3) is 0 Å². The lowest BCUT2D eigenvalue weighted by Crippen LogP contribution is -2.30. The van der Waals surface area contributed by atoms with Crippen LogP contribution in [0.4, 0.5) is 0 Å². The molecule has 0 heterocycles. The molecule has 19 heavy (non-hydrogen) atoms. The first kappa shape index (κ1) is 14.6. The maximum Gasteiger partial charge on any atom is 0.0297 e. The lowest BCUT2D eigenvalue weighted by atomic mass is 9.90. The summed E-state index contributed by atoms with van der Waals surface area (Å²) in [6.07, 6.45) is 2.80. The zero-order valence-corrected chi connectivity index (χ0v) is 13.4. The van der Waals surface area contributed by atoms with Crippen LogP contribution in [-0.4, -0.2) is 6.54 Å². The third-order valence-electron chi connectivity index (χ3n) is 5.05. The Balaban J connectivity index is 2.07. The quantitative estimate of drug-likeness (QED) is 0.808. The second kappa shape index (κ2) is 5.28. The van der Waals surface area contributed by atoms with Gasteiger partial charge in [-0.3, -0.25) is 0 Å². The number of rotatable bonds is 5. The van der Waals surface area contributed by atoms with Gasteiger partial charge in [-0.1, -0.05) is 31.5 Å². The number of hydrogen-bond acceptors (Lipinski definition) is 1. The van der Waals surface area contributed by atoms with Crippen LogP contribution in [-0.2, 0) is 0 Å². The molecule has 1 saturated carbocycles. The van der Waals surface area contributed by atoms with Crippen molar-refractivity contribution in [2.24, 2.45) is 11.3 Å². The van der Waals surface area contributed by atoms with Crippen molar-refractivity contribution >= 4 is 0 Å². The van der Waals surface area contributed by atoms with Gasteiger partial charge in [0.2, 0.25) is 0 Å². The molecule has 0 saturated heterocycles. The highest BCUT2D eigenvalue weighted by atomic mass is 14.9. The van der Waals surface area contributed by atoms with Crippen molar-refractivity contribution in [2.45, 2.75) is 60.4 Å². The standard InChI is InChI=1S/C18H29N/c1-12(2)18(7-8-18)11-19-16(6)17-14(4)9-13(3)10-15(17)5/h9-10,12,16,19H,7-8,11H2,1-6H3. The molecule has 1 aromatic rings. The molecular formula is C18H29N. The summed E-state index contributed by atoms with van der Waals surface area (Å²) in [6, 6.07) is 5.06. The van der Waals surface area contributed by atoms with Gasteiger partial charge < -0.3 is 5.32 Å². The number of nitrogens with one attached hydrogen (secondary N) is 1. The molecule has 1 N–H and O–H groups in total. The maximum atomic E-state index is 3.78. The van der Waals surface area contributed by atoms with Crippen LogP contribution in [0, 0.1) is 32.1 Å². The summed E-state index contributed by atoms with van der Waals surface area (Å²) in [7, 11) is 0. The Morgan fingerprint density at radius 3 is 2.00 bits per heavy atom. The summed E-state index contributed by atoms with van der Waals surface area (Å²) >= 11 is 0. The number of benzene rings is 1. The van der Waals surface area contributed by atoms with E-state index >= 15 is 0 Å². The van der Waals surface area contributed by atoms with Crippen LogP contribution in [0.1, 0.15) is 61.9 Å². The SMILES string of the molecule is Cc1cc(C)c(C(C)NCC2(C(C)C)CC2)c(C)c1. The molecule has 106 valence electrons. The van der Waals surface area contributed by atoms with Gasteiger partial charge in [0.15, 0.2) is 0 Å².